The highest BCUT2D eigenvalue weighted by molar-refractivity contribution is 5.16. The molecule has 0 amide bonds. The normalized spacial score (nSPS) is 10.8. The summed E-state index contributed by atoms with van der Waals surface area (Å²) >= 11 is 0. The van der Waals surface area contributed by atoms with Gasteiger partial charge in [0.15, 0.2) is 0 Å². The lowest BCUT2D eigenvalue weighted by Crippen LogP contribution is -2.21. The minimum atomic E-state index is 0.204. The number of rotatable bonds is 4. The molecule has 0 saturated heterocycles. The van der Waals surface area contributed by atoms with Gasteiger partial charge in [0.2, 0.25) is 0 Å². The van der Waals surface area contributed by atoms with Gasteiger partial charge in [-0.05, 0) is 25.1 Å². The van der Waals surface area contributed by atoms with Gasteiger partial charge in [0.05, 0.1) is 6.61 Å². The van der Waals surface area contributed by atoms with Crippen LogP contribution in [0.15, 0.2) is 18.5 Å². The van der Waals surface area contributed by atoms with Gasteiger partial charge in [0, 0.05) is 25.5 Å². The van der Waals surface area contributed by atoms with Crippen LogP contribution in [0.3, 0.4) is 0 Å². The number of aromatic nitrogens is 1. The molecule has 0 aliphatic heterocycles. The first kappa shape index (κ1) is 10.2. The molecule has 0 radical (unpaired) electrons. The van der Waals surface area contributed by atoms with Crippen LogP contribution >= 0.6 is 0 Å². The van der Waals surface area contributed by atoms with Gasteiger partial charge in [-0.3, -0.25) is 9.88 Å². The summed E-state index contributed by atoms with van der Waals surface area (Å²) in [5, 5.41) is 8.71. The monoisotopic (exact) mass is 180 g/mol. The summed E-state index contributed by atoms with van der Waals surface area (Å²) in [6.07, 6.45) is 3.70. The predicted molar refractivity (Wildman–Crippen MR) is 52.4 cm³/mol. The SMILES string of the molecule is Cc1cncc(CN(C)CCO)c1. The van der Waals surface area contributed by atoms with Gasteiger partial charge in [-0.25, -0.2) is 0 Å². The van der Waals surface area contributed by atoms with Gasteiger partial charge in [0.25, 0.3) is 0 Å². The molecule has 1 heterocycles. The van der Waals surface area contributed by atoms with Crippen molar-refractivity contribution in [2.24, 2.45) is 0 Å². The van der Waals surface area contributed by atoms with E-state index in [1.165, 1.54) is 11.1 Å². The maximum Gasteiger partial charge on any atom is 0.0558 e. The Hall–Kier alpha value is -0.930. The summed E-state index contributed by atoms with van der Waals surface area (Å²) in [6.45, 7) is 3.78. The van der Waals surface area contributed by atoms with Crippen molar-refractivity contribution in [3.8, 4) is 0 Å². The van der Waals surface area contributed by atoms with Gasteiger partial charge in [-0.15, -0.1) is 0 Å². The second kappa shape index (κ2) is 4.94. The average molecular weight is 180 g/mol. The van der Waals surface area contributed by atoms with E-state index in [4.69, 9.17) is 5.11 Å². The molecule has 0 bridgehead atoms. The Labute approximate surface area is 79.0 Å². The number of pyridine rings is 1. The lowest BCUT2D eigenvalue weighted by Gasteiger charge is -2.14. The molecular formula is C10H16N2O. The molecule has 3 nitrogen and oxygen atoms in total. The molecule has 13 heavy (non-hydrogen) atoms. The summed E-state index contributed by atoms with van der Waals surface area (Å²) < 4.78 is 0. The van der Waals surface area contributed by atoms with Gasteiger partial charge < -0.3 is 5.11 Å². The number of aryl methyl sites for hydroxylation is 1. The Bertz CT molecular complexity index is 263. The number of nitrogens with zero attached hydrogens (tertiary/aromatic N) is 2. The summed E-state index contributed by atoms with van der Waals surface area (Å²) in [5.74, 6) is 0. The van der Waals surface area contributed by atoms with Crippen LogP contribution in [-0.4, -0.2) is 35.2 Å². The van der Waals surface area contributed by atoms with Crippen LogP contribution in [0, 0.1) is 6.92 Å². The van der Waals surface area contributed by atoms with Gasteiger partial charge >= 0.3 is 0 Å². The van der Waals surface area contributed by atoms with Crippen molar-refractivity contribution in [3.63, 3.8) is 0 Å². The third-order valence-electron chi connectivity index (χ3n) is 1.87. The van der Waals surface area contributed by atoms with E-state index >= 15 is 0 Å². The van der Waals surface area contributed by atoms with E-state index in [-0.39, 0.29) is 6.61 Å². The predicted octanol–water partition coefficient (Wildman–Crippen LogP) is 0.814. The molecule has 0 atom stereocenters. The minimum Gasteiger partial charge on any atom is -0.395 e. The maximum absolute atomic E-state index is 8.71. The lowest BCUT2D eigenvalue weighted by atomic mass is 10.2. The van der Waals surface area contributed by atoms with E-state index in [0.29, 0.717) is 6.54 Å². The van der Waals surface area contributed by atoms with Crippen molar-refractivity contribution in [1.82, 2.24) is 9.88 Å². The molecule has 72 valence electrons. The highest BCUT2D eigenvalue weighted by atomic mass is 16.3. The van der Waals surface area contributed by atoms with Crippen LogP contribution in [0.4, 0.5) is 0 Å². The average Bonchev–Trinajstić information content (AvgIpc) is 2.04. The first-order valence-electron chi connectivity index (χ1n) is 4.42. The Morgan fingerprint density at radius 1 is 1.46 bits per heavy atom. The summed E-state index contributed by atoms with van der Waals surface area (Å²) in [5.41, 5.74) is 2.37. The van der Waals surface area contributed by atoms with Crippen molar-refractivity contribution >= 4 is 0 Å². The van der Waals surface area contributed by atoms with Crippen molar-refractivity contribution in [2.75, 3.05) is 20.2 Å². The Kier molecular flexibility index (Phi) is 3.86. The molecule has 0 spiro atoms. The standard InChI is InChI=1S/C10H16N2O/c1-9-5-10(7-11-6-9)8-12(2)3-4-13/h5-7,13H,3-4,8H2,1-2H3. The zero-order chi connectivity index (χ0) is 9.68. The number of hydrogen-bond donors (Lipinski definition) is 1. The fourth-order valence-electron chi connectivity index (χ4n) is 1.27. The Balaban J connectivity index is 2.53. The first-order chi connectivity index (χ1) is 6.22. The zero-order valence-electron chi connectivity index (χ0n) is 8.20. The molecule has 0 aromatic carbocycles. The van der Waals surface area contributed by atoms with Crippen molar-refractivity contribution < 1.29 is 5.11 Å². The third kappa shape index (κ3) is 3.53. The molecule has 0 unspecified atom stereocenters. The smallest absolute Gasteiger partial charge is 0.0558 e. The number of hydrogen-bond acceptors (Lipinski definition) is 3. The number of likely N-dealkylation sites (N-methyl/N-ethyl adjacent to an activating group) is 1. The number of aliphatic hydroxyl groups excluding tert-OH is 1. The number of aliphatic hydroxyl groups is 1. The zero-order valence-corrected chi connectivity index (χ0v) is 8.20. The molecule has 0 fully saturated rings. The molecule has 0 saturated carbocycles. The summed E-state index contributed by atoms with van der Waals surface area (Å²) in [4.78, 5) is 6.17. The maximum atomic E-state index is 8.71. The molecule has 0 aliphatic rings. The summed E-state index contributed by atoms with van der Waals surface area (Å²) in [6, 6.07) is 2.11. The largest absolute Gasteiger partial charge is 0.395 e. The van der Waals surface area contributed by atoms with E-state index in [2.05, 4.69) is 16.0 Å². The van der Waals surface area contributed by atoms with Crippen LogP contribution in [0.25, 0.3) is 0 Å². The topological polar surface area (TPSA) is 36.4 Å². The van der Waals surface area contributed by atoms with Gasteiger partial charge in [-0.1, -0.05) is 6.07 Å². The highest BCUT2D eigenvalue weighted by Gasteiger charge is 1.99. The molecule has 1 aromatic rings. The quantitative estimate of drug-likeness (QED) is 0.745. The second-order valence-corrected chi connectivity index (χ2v) is 3.33. The van der Waals surface area contributed by atoms with Crippen LogP contribution < -0.4 is 0 Å². The molecule has 1 N–H and O–H groups in total. The molecule has 1 aromatic heterocycles. The highest BCUT2D eigenvalue weighted by Crippen LogP contribution is 2.03. The minimum absolute atomic E-state index is 0.204. The van der Waals surface area contributed by atoms with Gasteiger partial charge in [-0.2, -0.15) is 0 Å². The molecule has 3 heteroatoms. The van der Waals surface area contributed by atoms with Crippen molar-refractivity contribution in [1.29, 1.82) is 0 Å². The van der Waals surface area contributed by atoms with Crippen LogP contribution in [-0.2, 0) is 6.54 Å². The van der Waals surface area contributed by atoms with Gasteiger partial charge in [0.1, 0.15) is 0 Å². The van der Waals surface area contributed by atoms with Crippen LogP contribution in [0.5, 0.6) is 0 Å². The Morgan fingerprint density at radius 2 is 2.23 bits per heavy atom. The van der Waals surface area contributed by atoms with E-state index in [1.807, 2.05) is 26.4 Å². The van der Waals surface area contributed by atoms with E-state index in [1.54, 1.807) is 0 Å². The fourth-order valence-corrected chi connectivity index (χ4v) is 1.27. The van der Waals surface area contributed by atoms with Crippen molar-refractivity contribution in [2.45, 2.75) is 13.5 Å². The van der Waals surface area contributed by atoms with Crippen molar-refractivity contribution in [3.05, 3.63) is 29.6 Å². The molecule has 0 aliphatic carbocycles. The molecule has 1 rings (SSSR count). The van der Waals surface area contributed by atoms with Crippen LogP contribution in [0.1, 0.15) is 11.1 Å². The van der Waals surface area contributed by atoms with E-state index in [0.717, 1.165) is 6.54 Å². The molecular weight excluding hydrogens is 164 g/mol. The van der Waals surface area contributed by atoms with Crippen LogP contribution in [0.2, 0.25) is 0 Å². The summed E-state index contributed by atoms with van der Waals surface area (Å²) in [7, 11) is 1.98. The van der Waals surface area contributed by atoms with E-state index < -0.39 is 0 Å². The fraction of sp³-hybridized carbons (Fsp3) is 0.500. The third-order valence-corrected chi connectivity index (χ3v) is 1.87. The van der Waals surface area contributed by atoms with E-state index in [9.17, 15) is 0 Å². The second-order valence-electron chi connectivity index (χ2n) is 3.33. The lowest BCUT2D eigenvalue weighted by molar-refractivity contribution is 0.217. The first-order valence-corrected chi connectivity index (χ1v) is 4.42. The Morgan fingerprint density at radius 3 is 2.85 bits per heavy atom.